The van der Waals surface area contributed by atoms with Gasteiger partial charge in [0.2, 0.25) is 11.8 Å². The van der Waals surface area contributed by atoms with Crippen LogP contribution in [0.15, 0.2) is 48.5 Å². The molecule has 1 aliphatic rings. The van der Waals surface area contributed by atoms with Gasteiger partial charge in [-0.05, 0) is 41.8 Å². The van der Waals surface area contributed by atoms with Gasteiger partial charge in [0.1, 0.15) is 11.6 Å². The van der Waals surface area contributed by atoms with Gasteiger partial charge in [-0.2, -0.15) is 5.10 Å². The predicted molar refractivity (Wildman–Crippen MR) is 115 cm³/mol. The number of nitrogens with one attached hydrogen (secondary N) is 2. The van der Waals surface area contributed by atoms with E-state index in [9.17, 15) is 9.59 Å². The molecular weight excluding hydrogens is 394 g/mol. The number of carbonyl (C=O) groups is 2. The standard InChI is InChI=1S/C23H25N5O3/c1-15(29)28-12-11-16-5-3-4-6-19(16)20(28)13-22(30)24-14-21-25-23(27-26-21)17-7-9-18(31-2)10-8-17/h3-10,20H,11-14H2,1-2H3,(H,24,30)(H,25,26,27). The second-order valence-electron chi connectivity index (χ2n) is 7.49. The number of amides is 2. The highest BCUT2D eigenvalue weighted by Crippen LogP contribution is 2.32. The van der Waals surface area contributed by atoms with Crippen molar-refractivity contribution in [3.63, 3.8) is 0 Å². The number of carbonyl (C=O) groups excluding carboxylic acids is 2. The maximum atomic E-state index is 12.7. The van der Waals surface area contributed by atoms with Crippen LogP contribution in [0.1, 0.15) is 36.3 Å². The third kappa shape index (κ3) is 4.58. The molecule has 0 radical (unpaired) electrons. The molecule has 160 valence electrons. The molecule has 2 heterocycles. The molecule has 8 heteroatoms. The molecule has 3 aromatic rings. The predicted octanol–water partition coefficient (Wildman–Crippen LogP) is 2.63. The lowest BCUT2D eigenvalue weighted by molar-refractivity contribution is -0.133. The van der Waals surface area contributed by atoms with Crippen LogP contribution in [0, 0.1) is 0 Å². The van der Waals surface area contributed by atoms with Crippen LogP contribution in [0.2, 0.25) is 0 Å². The van der Waals surface area contributed by atoms with E-state index >= 15 is 0 Å². The Bertz CT molecular complexity index is 1080. The Kier molecular flexibility index (Phi) is 5.97. The van der Waals surface area contributed by atoms with Crippen molar-refractivity contribution in [1.82, 2.24) is 25.4 Å². The molecule has 1 aliphatic heterocycles. The molecule has 1 atom stereocenters. The van der Waals surface area contributed by atoms with E-state index in [1.54, 1.807) is 18.9 Å². The Morgan fingerprint density at radius 1 is 1.19 bits per heavy atom. The lowest BCUT2D eigenvalue weighted by Gasteiger charge is -2.36. The SMILES string of the molecule is COc1ccc(-c2n[nH]c(CNC(=O)CC3c4ccccc4CCN3C(C)=O)n2)cc1. The summed E-state index contributed by atoms with van der Waals surface area (Å²) in [6.07, 6.45) is 1.01. The van der Waals surface area contributed by atoms with Gasteiger partial charge in [-0.1, -0.05) is 24.3 Å². The van der Waals surface area contributed by atoms with Crippen LogP contribution in [-0.4, -0.2) is 45.6 Å². The molecule has 0 saturated heterocycles. The van der Waals surface area contributed by atoms with Gasteiger partial charge < -0.3 is 15.0 Å². The van der Waals surface area contributed by atoms with Gasteiger partial charge in [0.25, 0.3) is 0 Å². The molecule has 0 fully saturated rings. The monoisotopic (exact) mass is 419 g/mol. The smallest absolute Gasteiger partial charge is 0.222 e. The molecule has 4 rings (SSSR count). The van der Waals surface area contributed by atoms with Gasteiger partial charge in [0.15, 0.2) is 5.82 Å². The fraction of sp³-hybridized carbons (Fsp3) is 0.304. The third-order valence-corrected chi connectivity index (χ3v) is 5.53. The van der Waals surface area contributed by atoms with Crippen LogP contribution in [0.5, 0.6) is 5.75 Å². The number of hydrogen-bond donors (Lipinski definition) is 2. The zero-order valence-electron chi connectivity index (χ0n) is 17.6. The quantitative estimate of drug-likeness (QED) is 0.640. The fourth-order valence-electron chi connectivity index (χ4n) is 3.92. The Balaban J connectivity index is 1.40. The highest BCUT2D eigenvalue weighted by atomic mass is 16.5. The van der Waals surface area contributed by atoms with Crippen molar-refractivity contribution in [1.29, 1.82) is 0 Å². The number of hydrogen-bond acceptors (Lipinski definition) is 5. The maximum absolute atomic E-state index is 12.7. The van der Waals surface area contributed by atoms with E-state index in [-0.39, 0.29) is 30.8 Å². The number of H-pyrrole nitrogens is 1. The normalized spacial score (nSPS) is 15.3. The van der Waals surface area contributed by atoms with Crippen molar-refractivity contribution < 1.29 is 14.3 Å². The van der Waals surface area contributed by atoms with E-state index < -0.39 is 0 Å². The molecule has 2 N–H and O–H groups in total. The summed E-state index contributed by atoms with van der Waals surface area (Å²) in [5, 5.41) is 9.97. The van der Waals surface area contributed by atoms with Crippen molar-refractivity contribution in [3.05, 3.63) is 65.5 Å². The van der Waals surface area contributed by atoms with Crippen LogP contribution < -0.4 is 10.1 Å². The van der Waals surface area contributed by atoms with Gasteiger partial charge in [-0.25, -0.2) is 4.98 Å². The number of ether oxygens (including phenoxy) is 1. The molecule has 2 amide bonds. The lowest BCUT2D eigenvalue weighted by atomic mass is 9.90. The summed E-state index contributed by atoms with van der Waals surface area (Å²) >= 11 is 0. The molecule has 1 aromatic heterocycles. The minimum atomic E-state index is -0.257. The topological polar surface area (TPSA) is 100 Å². The molecule has 0 bridgehead atoms. The van der Waals surface area contributed by atoms with Gasteiger partial charge in [0, 0.05) is 19.0 Å². The summed E-state index contributed by atoms with van der Waals surface area (Å²) in [5.74, 6) is 1.71. The Morgan fingerprint density at radius 3 is 2.71 bits per heavy atom. The van der Waals surface area contributed by atoms with Gasteiger partial charge >= 0.3 is 0 Å². The van der Waals surface area contributed by atoms with E-state index in [1.165, 1.54) is 5.56 Å². The van der Waals surface area contributed by atoms with E-state index in [0.717, 1.165) is 23.3 Å². The third-order valence-electron chi connectivity index (χ3n) is 5.53. The Morgan fingerprint density at radius 2 is 1.97 bits per heavy atom. The van der Waals surface area contributed by atoms with E-state index in [4.69, 9.17) is 4.74 Å². The minimum Gasteiger partial charge on any atom is -0.497 e. The summed E-state index contributed by atoms with van der Waals surface area (Å²) < 4.78 is 5.16. The number of benzene rings is 2. The van der Waals surface area contributed by atoms with Gasteiger partial charge in [-0.15, -0.1) is 0 Å². The first-order chi connectivity index (χ1) is 15.0. The number of aromatic amines is 1. The van der Waals surface area contributed by atoms with E-state index in [2.05, 4.69) is 26.6 Å². The summed E-state index contributed by atoms with van der Waals surface area (Å²) in [6.45, 7) is 2.40. The molecular formula is C23H25N5O3. The number of aromatic nitrogens is 3. The average molecular weight is 419 g/mol. The Hall–Kier alpha value is -3.68. The van der Waals surface area contributed by atoms with Crippen LogP contribution in [0.25, 0.3) is 11.4 Å². The first-order valence-corrected chi connectivity index (χ1v) is 10.2. The maximum Gasteiger partial charge on any atom is 0.222 e. The first-order valence-electron chi connectivity index (χ1n) is 10.2. The summed E-state index contributed by atoms with van der Waals surface area (Å²) in [4.78, 5) is 31.0. The molecule has 0 saturated carbocycles. The van der Waals surface area contributed by atoms with E-state index in [1.807, 2.05) is 42.5 Å². The summed E-state index contributed by atoms with van der Waals surface area (Å²) in [7, 11) is 1.62. The van der Waals surface area contributed by atoms with E-state index in [0.29, 0.717) is 18.2 Å². The zero-order valence-corrected chi connectivity index (χ0v) is 17.6. The second kappa shape index (κ2) is 8.99. The molecule has 31 heavy (non-hydrogen) atoms. The largest absolute Gasteiger partial charge is 0.497 e. The number of nitrogens with zero attached hydrogens (tertiary/aromatic N) is 3. The Labute approximate surface area is 180 Å². The van der Waals surface area contributed by atoms with Crippen LogP contribution >= 0.6 is 0 Å². The fourth-order valence-corrected chi connectivity index (χ4v) is 3.92. The molecule has 2 aromatic carbocycles. The van der Waals surface area contributed by atoms with Crippen molar-refractivity contribution in [2.24, 2.45) is 0 Å². The molecule has 8 nitrogen and oxygen atoms in total. The summed E-state index contributed by atoms with van der Waals surface area (Å²) in [5.41, 5.74) is 3.09. The van der Waals surface area contributed by atoms with Crippen molar-refractivity contribution >= 4 is 11.8 Å². The van der Waals surface area contributed by atoms with Crippen LogP contribution in [0.3, 0.4) is 0 Å². The second-order valence-corrected chi connectivity index (χ2v) is 7.49. The zero-order chi connectivity index (χ0) is 21.8. The average Bonchev–Trinajstić information content (AvgIpc) is 3.27. The van der Waals surface area contributed by atoms with Gasteiger partial charge in [0.05, 0.1) is 26.1 Å². The molecule has 1 unspecified atom stereocenters. The van der Waals surface area contributed by atoms with Gasteiger partial charge in [-0.3, -0.25) is 14.7 Å². The summed E-state index contributed by atoms with van der Waals surface area (Å²) in [6, 6.07) is 15.2. The van der Waals surface area contributed by atoms with Crippen LogP contribution in [-0.2, 0) is 22.6 Å². The van der Waals surface area contributed by atoms with Crippen molar-refractivity contribution in [2.45, 2.75) is 32.4 Å². The van der Waals surface area contributed by atoms with Crippen LogP contribution in [0.4, 0.5) is 0 Å². The highest BCUT2D eigenvalue weighted by Gasteiger charge is 2.30. The lowest BCUT2D eigenvalue weighted by Crippen LogP contribution is -2.41. The van der Waals surface area contributed by atoms with Crippen molar-refractivity contribution in [3.8, 4) is 17.1 Å². The molecule has 0 aliphatic carbocycles. The highest BCUT2D eigenvalue weighted by molar-refractivity contribution is 5.79. The first kappa shape index (κ1) is 20.6. The number of fused-ring (bicyclic) bond motifs is 1. The minimum absolute atomic E-state index is 0.0216. The molecule has 0 spiro atoms. The number of rotatable bonds is 6. The number of methoxy groups -OCH3 is 1. The van der Waals surface area contributed by atoms with Crippen molar-refractivity contribution in [2.75, 3.05) is 13.7 Å².